The van der Waals surface area contributed by atoms with E-state index in [4.69, 9.17) is 9.47 Å². The number of carbonyl (C=O) groups is 1. The predicted molar refractivity (Wildman–Crippen MR) is 96.9 cm³/mol. The summed E-state index contributed by atoms with van der Waals surface area (Å²) in [5.41, 5.74) is 0.752. The van der Waals surface area contributed by atoms with Crippen LogP contribution in [0.15, 0.2) is 18.2 Å². The Hall–Kier alpha value is -2.01. The number of fused-ring (bicyclic) bond motifs is 1. The van der Waals surface area contributed by atoms with Crippen LogP contribution in [0.3, 0.4) is 0 Å². The lowest BCUT2D eigenvalue weighted by atomic mass is 10.0. The van der Waals surface area contributed by atoms with Crippen LogP contribution in [0.5, 0.6) is 11.5 Å². The number of esters is 1. The van der Waals surface area contributed by atoms with Gasteiger partial charge in [-0.05, 0) is 64.0 Å². The van der Waals surface area contributed by atoms with Crippen LogP contribution in [-0.4, -0.2) is 35.0 Å². The van der Waals surface area contributed by atoms with Crippen LogP contribution in [0.2, 0.25) is 0 Å². The number of benzene rings is 1. The minimum Gasteiger partial charge on any atom is -0.507 e. The van der Waals surface area contributed by atoms with Gasteiger partial charge in [-0.2, -0.15) is 0 Å². The number of aromatic hydroxyl groups is 1. The summed E-state index contributed by atoms with van der Waals surface area (Å²) < 4.78 is 10.9. The van der Waals surface area contributed by atoms with Crippen molar-refractivity contribution >= 4 is 12.0 Å². The molecule has 0 spiro atoms. The van der Waals surface area contributed by atoms with E-state index in [1.54, 1.807) is 6.07 Å². The molecule has 25 heavy (non-hydrogen) atoms. The summed E-state index contributed by atoms with van der Waals surface area (Å²) in [7, 11) is 0. The number of ether oxygens (including phenoxy) is 2. The fourth-order valence-electron chi connectivity index (χ4n) is 2.99. The van der Waals surface area contributed by atoms with Crippen molar-refractivity contribution < 1.29 is 24.5 Å². The molecule has 5 heteroatoms. The van der Waals surface area contributed by atoms with Crippen molar-refractivity contribution in [1.82, 2.24) is 0 Å². The molecule has 0 aliphatic carbocycles. The molecule has 2 rings (SSSR count). The van der Waals surface area contributed by atoms with Gasteiger partial charge in [0.2, 0.25) is 0 Å². The maximum atomic E-state index is 12.5. The molecule has 1 aliphatic heterocycles. The molecule has 1 aromatic rings. The Morgan fingerprint density at radius 1 is 1.24 bits per heavy atom. The Kier molecular flexibility index (Phi) is 7.31. The summed E-state index contributed by atoms with van der Waals surface area (Å²) >= 11 is 0. The molecule has 0 fully saturated rings. The smallest absolute Gasteiger partial charge is 0.342 e. The van der Waals surface area contributed by atoms with Crippen LogP contribution in [0, 0.1) is 0 Å². The lowest BCUT2D eigenvalue weighted by Crippen LogP contribution is -2.17. The minimum absolute atomic E-state index is 0.134. The number of aliphatic hydroxyl groups is 1. The molecule has 0 aromatic heterocycles. The van der Waals surface area contributed by atoms with Crippen molar-refractivity contribution in [3.8, 4) is 11.5 Å². The highest BCUT2D eigenvalue weighted by Crippen LogP contribution is 2.30. The first kappa shape index (κ1) is 19.3. The van der Waals surface area contributed by atoms with Gasteiger partial charge in [-0.3, -0.25) is 0 Å². The average molecular weight is 348 g/mol. The second-order valence-electron chi connectivity index (χ2n) is 6.47. The number of rotatable bonds is 2. The lowest BCUT2D eigenvalue weighted by molar-refractivity contribution is 0.0307. The summed E-state index contributed by atoms with van der Waals surface area (Å²) in [6, 6.07) is 3.18. The van der Waals surface area contributed by atoms with Crippen molar-refractivity contribution in [2.24, 2.45) is 0 Å². The SMILES string of the molecule is CCOc1cc(O)c2c(c1)/C=C/CCC[C@H](O)CCC[C@H](C)OC2=O. The van der Waals surface area contributed by atoms with E-state index in [0.717, 1.165) is 25.7 Å². The Morgan fingerprint density at radius 3 is 2.76 bits per heavy atom. The molecule has 2 atom stereocenters. The van der Waals surface area contributed by atoms with Crippen molar-refractivity contribution in [1.29, 1.82) is 0 Å². The zero-order chi connectivity index (χ0) is 18.2. The Bertz CT molecular complexity index is 608. The number of carbonyl (C=O) groups excluding carboxylic acids is 1. The molecule has 0 amide bonds. The average Bonchev–Trinajstić information content (AvgIpc) is 2.53. The van der Waals surface area contributed by atoms with Crippen LogP contribution in [0.1, 0.15) is 68.3 Å². The maximum absolute atomic E-state index is 12.5. The van der Waals surface area contributed by atoms with Gasteiger partial charge in [-0.25, -0.2) is 4.79 Å². The lowest BCUT2D eigenvalue weighted by Gasteiger charge is -2.17. The molecule has 1 aromatic carbocycles. The molecule has 1 aliphatic rings. The molecular formula is C20H28O5. The third-order valence-corrected chi connectivity index (χ3v) is 4.30. The number of phenolic OH excluding ortho intramolecular Hbond substituents is 1. The topological polar surface area (TPSA) is 76.0 Å². The van der Waals surface area contributed by atoms with Crippen LogP contribution in [0.25, 0.3) is 6.08 Å². The molecule has 0 saturated carbocycles. The first-order valence-electron chi connectivity index (χ1n) is 9.06. The van der Waals surface area contributed by atoms with E-state index in [1.807, 2.05) is 26.0 Å². The van der Waals surface area contributed by atoms with Gasteiger partial charge in [-0.1, -0.05) is 12.2 Å². The Labute approximate surface area is 149 Å². The Balaban J connectivity index is 2.33. The minimum atomic E-state index is -0.537. The van der Waals surface area contributed by atoms with Crippen molar-refractivity contribution in [3.63, 3.8) is 0 Å². The zero-order valence-corrected chi connectivity index (χ0v) is 15.0. The van der Waals surface area contributed by atoms with E-state index in [1.165, 1.54) is 6.07 Å². The number of aliphatic hydroxyl groups excluding tert-OH is 1. The highest BCUT2D eigenvalue weighted by Gasteiger charge is 2.21. The van der Waals surface area contributed by atoms with Crippen molar-refractivity contribution in [2.75, 3.05) is 6.61 Å². The van der Waals surface area contributed by atoms with Gasteiger partial charge in [0.15, 0.2) is 0 Å². The van der Waals surface area contributed by atoms with Crippen LogP contribution >= 0.6 is 0 Å². The van der Waals surface area contributed by atoms with Gasteiger partial charge < -0.3 is 19.7 Å². The molecule has 0 radical (unpaired) electrons. The van der Waals surface area contributed by atoms with E-state index >= 15 is 0 Å². The molecule has 0 unspecified atom stereocenters. The van der Waals surface area contributed by atoms with Gasteiger partial charge in [0.25, 0.3) is 0 Å². The molecule has 138 valence electrons. The van der Waals surface area contributed by atoms with Gasteiger partial charge >= 0.3 is 5.97 Å². The van der Waals surface area contributed by atoms with Crippen molar-refractivity contribution in [3.05, 3.63) is 29.3 Å². The molecule has 1 heterocycles. The van der Waals surface area contributed by atoms with Gasteiger partial charge in [-0.15, -0.1) is 0 Å². The number of hydrogen-bond donors (Lipinski definition) is 2. The number of cyclic esters (lactones) is 1. The summed E-state index contributed by atoms with van der Waals surface area (Å²) in [6.07, 6.45) is 7.81. The molecular weight excluding hydrogens is 320 g/mol. The predicted octanol–water partition coefficient (Wildman–Crippen LogP) is 4.06. The summed E-state index contributed by atoms with van der Waals surface area (Å²) in [6.45, 7) is 4.17. The zero-order valence-electron chi connectivity index (χ0n) is 15.0. The van der Waals surface area contributed by atoms with Gasteiger partial charge in [0.05, 0.1) is 18.8 Å². The Morgan fingerprint density at radius 2 is 2.00 bits per heavy atom. The fourth-order valence-corrected chi connectivity index (χ4v) is 2.99. The fraction of sp³-hybridized carbons (Fsp3) is 0.550. The van der Waals surface area contributed by atoms with E-state index < -0.39 is 5.97 Å². The summed E-state index contributed by atoms with van der Waals surface area (Å²) in [5, 5.41) is 20.3. The van der Waals surface area contributed by atoms with Crippen molar-refractivity contribution in [2.45, 2.75) is 64.6 Å². The normalized spacial score (nSPS) is 23.9. The number of phenols is 1. The van der Waals surface area contributed by atoms with Gasteiger partial charge in [0, 0.05) is 6.07 Å². The standard InChI is InChI=1S/C20H28O5/c1-3-24-17-12-15-9-5-4-6-10-16(21)11-7-8-14(2)25-20(23)19(15)18(22)13-17/h5,9,12-14,16,21-22H,3-4,6-8,10-11H2,1-2H3/b9-5+/t14-,16-/m0/s1. The highest BCUT2D eigenvalue weighted by atomic mass is 16.5. The number of allylic oxidation sites excluding steroid dienone is 1. The van der Waals surface area contributed by atoms with Crippen LogP contribution in [-0.2, 0) is 4.74 Å². The molecule has 0 saturated heterocycles. The third kappa shape index (κ3) is 5.78. The quantitative estimate of drug-likeness (QED) is 0.788. The molecule has 2 N–H and O–H groups in total. The second-order valence-corrected chi connectivity index (χ2v) is 6.47. The summed E-state index contributed by atoms with van der Waals surface area (Å²) in [4.78, 5) is 12.5. The van der Waals surface area contributed by atoms with E-state index in [0.29, 0.717) is 30.8 Å². The largest absolute Gasteiger partial charge is 0.507 e. The highest BCUT2D eigenvalue weighted by molar-refractivity contribution is 5.97. The monoisotopic (exact) mass is 348 g/mol. The first-order chi connectivity index (χ1) is 12.0. The van der Waals surface area contributed by atoms with E-state index in [2.05, 4.69) is 0 Å². The maximum Gasteiger partial charge on any atom is 0.342 e. The van der Waals surface area contributed by atoms with E-state index in [9.17, 15) is 15.0 Å². The first-order valence-corrected chi connectivity index (χ1v) is 9.06. The molecule has 0 bridgehead atoms. The summed E-state index contributed by atoms with van der Waals surface area (Å²) in [5.74, 6) is -0.156. The second kappa shape index (κ2) is 9.47. The van der Waals surface area contributed by atoms with Gasteiger partial charge in [0.1, 0.15) is 17.1 Å². The number of hydrogen-bond acceptors (Lipinski definition) is 5. The van der Waals surface area contributed by atoms with Crippen LogP contribution in [0.4, 0.5) is 0 Å². The molecule has 5 nitrogen and oxygen atoms in total. The van der Waals surface area contributed by atoms with E-state index in [-0.39, 0.29) is 23.5 Å². The van der Waals surface area contributed by atoms with Crippen LogP contribution < -0.4 is 4.74 Å². The third-order valence-electron chi connectivity index (χ3n) is 4.30.